The van der Waals surface area contributed by atoms with Crippen LogP contribution in [0.15, 0.2) is 43.9 Å². The molecule has 0 fully saturated rings. The number of anilines is 1. The minimum atomic E-state index is -0.567. The largest absolute Gasteiger partial charge is 0.452 e. The van der Waals surface area contributed by atoms with Crippen LogP contribution in [0.2, 0.25) is 0 Å². The van der Waals surface area contributed by atoms with Gasteiger partial charge in [-0.1, -0.05) is 12.1 Å². The lowest BCUT2D eigenvalue weighted by Gasteiger charge is -2.14. The van der Waals surface area contributed by atoms with Crippen molar-refractivity contribution in [2.45, 2.75) is 19.5 Å². The molecule has 0 aliphatic rings. The molecular weight excluding hydrogens is 402 g/mol. The third kappa shape index (κ3) is 4.59. The molecule has 0 radical (unpaired) electrons. The van der Waals surface area contributed by atoms with Gasteiger partial charge in [-0.3, -0.25) is 0 Å². The zero-order chi connectivity index (χ0) is 15.4. The third-order valence-corrected chi connectivity index (χ3v) is 4.67. The first kappa shape index (κ1) is 16.1. The Hall–Kier alpha value is -1.31. The zero-order valence-corrected chi connectivity index (χ0v) is 14.5. The molecule has 7 heteroatoms. The Morgan fingerprint density at radius 1 is 1.33 bits per heavy atom. The first-order valence-electron chi connectivity index (χ1n) is 6.29. The summed E-state index contributed by atoms with van der Waals surface area (Å²) in [5.74, 6) is 0.840. The van der Waals surface area contributed by atoms with E-state index >= 15 is 0 Å². The number of amides is 2. The maximum Gasteiger partial charge on any atom is 0.316 e. The van der Waals surface area contributed by atoms with Crippen molar-refractivity contribution in [1.82, 2.24) is 5.32 Å². The van der Waals surface area contributed by atoms with E-state index in [4.69, 9.17) is 10.2 Å². The normalized spacial score (nSPS) is 12.1. The number of hydrogen-bond acceptors (Lipinski definition) is 3. The summed E-state index contributed by atoms with van der Waals surface area (Å²) >= 11 is 6.69. The predicted octanol–water partition coefficient (Wildman–Crippen LogP) is 4.15. The summed E-state index contributed by atoms with van der Waals surface area (Å²) in [6.45, 7) is 2.68. The average Bonchev–Trinajstić information content (AvgIpc) is 2.75. The first-order chi connectivity index (χ1) is 9.95. The molecule has 1 atom stereocenters. The van der Waals surface area contributed by atoms with Crippen LogP contribution in [-0.4, -0.2) is 6.03 Å². The summed E-state index contributed by atoms with van der Waals surface area (Å²) < 4.78 is 7.10. The second-order valence-electron chi connectivity index (χ2n) is 4.55. The molecule has 0 saturated carbocycles. The Morgan fingerprint density at radius 3 is 2.52 bits per heavy atom. The van der Waals surface area contributed by atoms with E-state index in [9.17, 15) is 4.79 Å². The van der Waals surface area contributed by atoms with Crippen molar-refractivity contribution >= 4 is 43.6 Å². The van der Waals surface area contributed by atoms with Crippen molar-refractivity contribution in [3.8, 4) is 0 Å². The molecule has 0 aliphatic heterocycles. The summed E-state index contributed by atoms with van der Waals surface area (Å²) in [4.78, 5) is 10.8. The molecule has 1 aromatic carbocycles. The maximum absolute atomic E-state index is 10.8. The Balaban J connectivity index is 1.93. The van der Waals surface area contributed by atoms with Crippen LogP contribution in [0.1, 0.15) is 24.3 Å². The SMILES string of the molecule is CC(NCc1cc(Br)c(Br)o1)c1ccc(NC(N)=O)cc1. The summed E-state index contributed by atoms with van der Waals surface area (Å²) in [6, 6.07) is 9.02. The number of carbonyl (C=O) groups excluding carboxylic acids is 1. The average molecular weight is 417 g/mol. The van der Waals surface area contributed by atoms with E-state index in [1.165, 1.54) is 0 Å². The zero-order valence-electron chi connectivity index (χ0n) is 11.3. The van der Waals surface area contributed by atoms with Crippen LogP contribution in [0, 0.1) is 0 Å². The van der Waals surface area contributed by atoms with Crippen molar-refractivity contribution < 1.29 is 9.21 Å². The van der Waals surface area contributed by atoms with E-state index in [-0.39, 0.29) is 6.04 Å². The Bertz CT molecular complexity index is 606. The molecule has 1 unspecified atom stereocenters. The summed E-state index contributed by atoms with van der Waals surface area (Å²) in [7, 11) is 0. The van der Waals surface area contributed by atoms with E-state index in [1.54, 1.807) is 0 Å². The number of nitrogens with one attached hydrogen (secondary N) is 2. The molecule has 112 valence electrons. The number of hydrogen-bond donors (Lipinski definition) is 3. The highest BCUT2D eigenvalue weighted by Gasteiger charge is 2.09. The quantitative estimate of drug-likeness (QED) is 0.684. The van der Waals surface area contributed by atoms with Gasteiger partial charge in [0.15, 0.2) is 4.67 Å². The van der Waals surface area contributed by atoms with Crippen LogP contribution < -0.4 is 16.4 Å². The summed E-state index contributed by atoms with van der Waals surface area (Å²) in [5, 5.41) is 5.90. The molecule has 2 rings (SSSR count). The molecule has 1 heterocycles. The topological polar surface area (TPSA) is 80.3 Å². The molecule has 0 aliphatic carbocycles. The third-order valence-electron chi connectivity index (χ3n) is 2.96. The van der Waals surface area contributed by atoms with Gasteiger partial charge in [-0.2, -0.15) is 0 Å². The highest BCUT2D eigenvalue weighted by Crippen LogP contribution is 2.27. The highest BCUT2D eigenvalue weighted by atomic mass is 79.9. The van der Waals surface area contributed by atoms with E-state index in [0.29, 0.717) is 16.9 Å². The fraction of sp³-hybridized carbons (Fsp3) is 0.214. The van der Waals surface area contributed by atoms with Gasteiger partial charge in [0.05, 0.1) is 11.0 Å². The number of primary amides is 1. The number of halogens is 2. The molecule has 5 nitrogen and oxygen atoms in total. The second-order valence-corrected chi connectivity index (χ2v) is 6.12. The van der Waals surface area contributed by atoms with Crippen molar-refractivity contribution in [2.75, 3.05) is 5.32 Å². The van der Waals surface area contributed by atoms with Crippen LogP contribution in [-0.2, 0) is 6.54 Å². The predicted molar refractivity (Wildman–Crippen MR) is 89.0 cm³/mol. The Morgan fingerprint density at radius 2 is 2.00 bits per heavy atom. The molecular formula is C14H15Br2N3O2. The van der Waals surface area contributed by atoms with E-state index in [2.05, 4.69) is 49.4 Å². The fourth-order valence-corrected chi connectivity index (χ4v) is 2.51. The molecule has 4 N–H and O–H groups in total. The van der Waals surface area contributed by atoms with Crippen LogP contribution in [0.4, 0.5) is 10.5 Å². The Kier molecular flexibility index (Phi) is 5.44. The number of nitrogens with two attached hydrogens (primary N) is 1. The van der Waals surface area contributed by atoms with E-state index < -0.39 is 6.03 Å². The van der Waals surface area contributed by atoms with Gasteiger partial charge in [-0.15, -0.1) is 0 Å². The van der Waals surface area contributed by atoms with Crippen LogP contribution in [0.25, 0.3) is 0 Å². The smallest absolute Gasteiger partial charge is 0.316 e. The molecule has 21 heavy (non-hydrogen) atoms. The van der Waals surface area contributed by atoms with Crippen molar-refractivity contribution in [3.05, 3.63) is 50.8 Å². The van der Waals surface area contributed by atoms with Crippen LogP contribution >= 0.6 is 31.9 Å². The lowest BCUT2D eigenvalue weighted by molar-refractivity contribution is 0.259. The molecule has 0 bridgehead atoms. The minimum absolute atomic E-state index is 0.148. The van der Waals surface area contributed by atoms with Crippen molar-refractivity contribution in [3.63, 3.8) is 0 Å². The van der Waals surface area contributed by atoms with Crippen LogP contribution in [0.5, 0.6) is 0 Å². The van der Waals surface area contributed by atoms with Crippen LogP contribution in [0.3, 0.4) is 0 Å². The van der Waals surface area contributed by atoms with Gasteiger partial charge in [-0.25, -0.2) is 4.79 Å². The second kappa shape index (κ2) is 7.11. The van der Waals surface area contributed by atoms with Gasteiger partial charge in [0, 0.05) is 11.7 Å². The molecule has 2 amide bonds. The monoisotopic (exact) mass is 415 g/mol. The number of urea groups is 1. The van der Waals surface area contributed by atoms with Gasteiger partial charge in [0.1, 0.15) is 5.76 Å². The number of rotatable bonds is 5. The van der Waals surface area contributed by atoms with Gasteiger partial charge in [0.25, 0.3) is 0 Å². The lowest BCUT2D eigenvalue weighted by Crippen LogP contribution is -2.20. The molecule has 0 saturated heterocycles. The fourth-order valence-electron chi connectivity index (χ4n) is 1.85. The van der Waals surface area contributed by atoms with Gasteiger partial charge >= 0.3 is 6.03 Å². The van der Waals surface area contributed by atoms with Gasteiger partial charge < -0.3 is 20.8 Å². The maximum atomic E-state index is 10.8. The number of benzene rings is 1. The molecule has 1 aromatic heterocycles. The number of furan rings is 1. The summed E-state index contributed by atoms with van der Waals surface area (Å²) in [6.07, 6.45) is 0. The van der Waals surface area contributed by atoms with E-state index in [0.717, 1.165) is 15.8 Å². The van der Waals surface area contributed by atoms with Crippen molar-refractivity contribution in [2.24, 2.45) is 5.73 Å². The minimum Gasteiger partial charge on any atom is -0.452 e. The highest BCUT2D eigenvalue weighted by molar-refractivity contribution is 9.13. The first-order valence-corrected chi connectivity index (χ1v) is 7.88. The molecule has 0 spiro atoms. The number of carbonyl (C=O) groups is 1. The van der Waals surface area contributed by atoms with Crippen molar-refractivity contribution in [1.29, 1.82) is 0 Å². The van der Waals surface area contributed by atoms with Gasteiger partial charge in [-0.05, 0) is 62.5 Å². The Labute approximate surface area is 139 Å². The summed E-state index contributed by atoms with van der Waals surface area (Å²) in [5.41, 5.74) is 6.85. The van der Waals surface area contributed by atoms with E-state index in [1.807, 2.05) is 30.3 Å². The van der Waals surface area contributed by atoms with Gasteiger partial charge in [0.2, 0.25) is 0 Å². The lowest BCUT2D eigenvalue weighted by atomic mass is 10.1. The standard InChI is InChI=1S/C14H15Br2N3O2/c1-8(18-7-11-6-12(15)13(16)21-11)9-2-4-10(5-3-9)19-14(17)20/h2-6,8,18H,7H2,1H3,(H3,17,19,20). The molecule has 2 aromatic rings.